The summed E-state index contributed by atoms with van der Waals surface area (Å²) in [5, 5.41) is 12.5. The zero-order valence-electron chi connectivity index (χ0n) is 10.1. The number of β-amino-alcohol motifs (C(OH)–C–C–N with tert-alkyl or cyclic N) is 1. The monoisotopic (exact) mass is 226 g/mol. The van der Waals surface area contributed by atoms with Gasteiger partial charge in [-0.1, -0.05) is 13.8 Å². The number of hydrogen-bond acceptors (Lipinski definition) is 3. The highest BCUT2D eigenvalue weighted by Gasteiger charge is 2.38. The SMILES string of the molecule is CC(C)CN(C(=O)C1CC(O)CN1)C1CC1. The molecule has 0 aromatic rings. The van der Waals surface area contributed by atoms with Crippen LogP contribution < -0.4 is 5.32 Å². The third-order valence-corrected chi connectivity index (χ3v) is 3.24. The molecule has 1 heterocycles. The normalized spacial score (nSPS) is 29.8. The maximum absolute atomic E-state index is 12.3. The zero-order chi connectivity index (χ0) is 11.7. The topological polar surface area (TPSA) is 52.6 Å². The minimum absolute atomic E-state index is 0.158. The smallest absolute Gasteiger partial charge is 0.240 e. The van der Waals surface area contributed by atoms with Gasteiger partial charge in [0, 0.05) is 19.1 Å². The molecule has 4 heteroatoms. The van der Waals surface area contributed by atoms with Crippen LogP contribution in [0.15, 0.2) is 0 Å². The van der Waals surface area contributed by atoms with E-state index in [1.807, 2.05) is 4.90 Å². The maximum atomic E-state index is 12.3. The van der Waals surface area contributed by atoms with Crippen molar-refractivity contribution in [1.29, 1.82) is 0 Å². The Balaban J connectivity index is 1.94. The molecule has 16 heavy (non-hydrogen) atoms. The summed E-state index contributed by atoms with van der Waals surface area (Å²) in [5.74, 6) is 0.698. The van der Waals surface area contributed by atoms with Crippen LogP contribution in [-0.2, 0) is 4.79 Å². The van der Waals surface area contributed by atoms with E-state index in [-0.39, 0.29) is 18.1 Å². The molecule has 2 unspecified atom stereocenters. The van der Waals surface area contributed by atoms with Crippen molar-refractivity contribution >= 4 is 5.91 Å². The number of nitrogens with one attached hydrogen (secondary N) is 1. The Kier molecular flexibility index (Phi) is 3.50. The van der Waals surface area contributed by atoms with Gasteiger partial charge in [-0.25, -0.2) is 0 Å². The van der Waals surface area contributed by atoms with Crippen molar-refractivity contribution in [1.82, 2.24) is 10.2 Å². The van der Waals surface area contributed by atoms with Crippen LogP contribution in [0.4, 0.5) is 0 Å². The van der Waals surface area contributed by atoms with E-state index in [1.165, 1.54) is 0 Å². The van der Waals surface area contributed by atoms with E-state index in [9.17, 15) is 9.90 Å². The van der Waals surface area contributed by atoms with Gasteiger partial charge in [0.05, 0.1) is 12.1 Å². The molecule has 1 aliphatic carbocycles. The van der Waals surface area contributed by atoms with Gasteiger partial charge in [-0.05, 0) is 25.2 Å². The Morgan fingerprint density at radius 2 is 2.19 bits per heavy atom. The Hall–Kier alpha value is -0.610. The average molecular weight is 226 g/mol. The number of rotatable bonds is 4. The summed E-state index contributed by atoms with van der Waals surface area (Å²) in [4.78, 5) is 14.3. The Morgan fingerprint density at radius 1 is 1.50 bits per heavy atom. The first-order valence-corrected chi connectivity index (χ1v) is 6.30. The van der Waals surface area contributed by atoms with Gasteiger partial charge in [-0.3, -0.25) is 4.79 Å². The van der Waals surface area contributed by atoms with Crippen molar-refractivity contribution in [2.75, 3.05) is 13.1 Å². The second-order valence-corrected chi connectivity index (χ2v) is 5.47. The molecule has 2 fully saturated rings. The van der Waals surface area contributed by atoms with Crippen LogP contribution in [0, 0.1) is 5.92 Å². The van der Waals surface area contributed by atoms with Crippen molar-refractivity contribution in [3.05, 3.63) is 0 Å². The van der Waals surface area contributed by atoms with Crippen LogP contribution in [0.25, 0.3) is 0 Å². The molecule has 0 spiro atoms. The summed E-state index contributed by atoms with van der Waals surface area (Å²) < 4.78 is 0. The predicted octanol–water partition coefficient (Wildman–Crippen LogP) is 0.356. The van der Waals surface area contributed by atoms with Crippen LogP contribution in [-0.4, -0.2) is 47.2 Å². The summed E-state index contributed by atoms with van der Waals surface area (Å²) in [6.45, 7) is 5.67. The molecule has 2 aliphatic rings. The molecule has 1 aliphatic heterocycles. The van der Waals surface area contributed by atoms with E-state index >= 15 is 0 Å². The maximum Gasteiger partial charge on any atom is 0.240 e. The molecule has 0 aromatic carbocycles. The number of aliphatic hydroxyl groups is 1. The largest absolute Gasteiger partial charge is 0.392 e. The fraction of sp³-hybridized carbons (Fsp3) is 0.917. The molecular formula is C12H22N2O2. The van der Waals surface area contributed by atoms with Crippen molar-refractivity contribution in [2.24, 2.45) is 5.92 Å². The number of hydrogen-bond donors (Lipinski definition) is 2. The fourth-order valence-corrected chi connectivity index (χ4v) is 2.30. The van der Waals surface area contributed by atoms with Gasteiger partial charge in [0.2, 0.25) is 5.91 Å². The zero-order valence-corrected chi connectivity index (χ0v) is 10.1. The summed E-state index contributed by atoms with van der Waals surface area (Å²) in [6.07, 6.45) is 2.51. The number of carbonyl (C=O) groups is 1. The van der Waals surface area contributed by atoms with Crippen LogP contribution >= 0.6 is 0 Å². The van der Waals surface area contributed by atoms with E-state index in [0.29, 0.717) is 24.9 Å². The second-order valence-electron chi connectivity index (χ2n) is 5.47. The molecule has 0 aromatic heterocycles. The lowest BCUT2D eigenvalue weighted by Gasteiger charge is -2.27. The predicted molar refractivity (Wildman–Crippen MR) is 62.0 cm³/mol. The lowest BCUT2D eigenvalue weighted by Crippen LogP contribution is -2.46. The highest BCUT2D eigenvalue weighted by Crippen LogP contribution is 2.29. The average Bonchev–Trinajstić information content (AvgIpc) is 2.96. The molecule has 2 N–H and O–H groups in total. The lowest BCUT2D eigenvalue weighted by molar-refractivity contribution is -0.134. The highest BCUT2D eigenvalue weighted by molar-refractivity contribution is 5.83. The standard InChI is InChI=1S/C12H22N2O2/c1-8(2)7-14(9-3-4-9)12(16)11-5-10(15)6-13-11/h8-11,13,15H,3-7H2,1-2H3. The molecule has 4 nitrogen and oxygen atoms in total. The molecule has 1 amide bonds. The van der Waals surface area contributed by atoms with Crippen molar-refractivity contribution in [3.8, 4) is 0 Å². The van der Waals surface area contributed by atoms with Gasteiger partial charge in [0.15, 0.2) is 0 Å². The molecule has 0 bridgehead atoms. The van der Waals surface area contributed by atoms with Crippen LogP contribution in [0.5, 0.6) is 0 Å². The lowest BCUT2D eigenvalue weighted by atomic mass is 10.1. The first-order valence-electron chi connectivity index (χ1n) is 6.30. The van der Waals surface area contributed by atoms with Crippen molar-refractivity contribution in [3.63, 3.8) is 0 Å². The Morgan fingerprint density at radius 3 is 2.62 bits per heavy atom. The van der Waals surface area contributed by atoms with E-state index < -0.39 is 0 Å². The number of carbonyl (C=O) groups excluding carboxylic acids is 1. The van der Waals surface area contributed by atoms with Gasteiger partial charge < -0.3 is 15.3 Å². The van der Waals surface area contributed by atoms with Gasteiger partial charge >= 0.3 is 0 Å². The second kappa shape index (κ2) is 4.72. The van der Waals surface area contributed by atoms with E-state index in [0.717, 1.165) is 19.4 Å². The Bertz CT molecular complexity index is 264. The van der Waals surface area contributed by atoms with Crippen molar-refractivity contribution < 1.29 is 9.90 Å². The summed E-state index contributed by atoms with van der Waals surface area (Å²) in [7, 11) is 0. The van der Waals surface area contributed by atoms with Crippen LogP contribution in [0.2, 0.25) is 0 Å². The summed E-state index contributed by atoms with van der Waals surface area (Å²) in [5.41, 5.74) is 0. The highest BCUT2D eigenvalue weighted by atomic mass is 16.3. The molecule has 2 atom stereocenters. The third kappa shape index (κ3) is 2.74. The fourth-order valence-electron chi connectivity index (χ4n) is 2.30. The first kappa shape index (κ1) is 11.9. The van der Waals surface area contributed by atoms with Crippen LogP contribution in [0.3, 0.4) is 0 Å². The summed E-state index contributed by atoms with van der Waals surface area (Å²) >= 11 is 0. The molecule has 2 rings (SSSR count). The minimum Gasteiger partial charge on any atom is -0.392 e. The van der Waals surface area contributed by atoms with Gasteiger partial charge in [0.25, 0.3) is 0 Å². The molecule has 1 saturated heterocycles. The molecule has 92 valence electrons. The molecule has 0 radical (unpaired) electrons. The summed E-state index contributed by atoms with van der Waals surface area (Å²) in [6, 6.07) is 0.309. The van der Waals surface area contributed by atoms with E-state index in [1.54, 1.807) is 0 Å². The number of nitrogens with zero attached hydrogens (tertiary/aromatic N) is 1. The Labute approximate surface area is 97.0 Å². The van der Waals surface area contributed by atoms with E-state index in [4.69, 9.17) is 0 Å². The third-order valence-electron chi connectivity index (χ3n) is 3.24. The minimum atomic E-state index is -0.353. The molecule has 1 saturated carbocycles. The van der Waals surface area contributed by atoms with Gasteiger partial charge in [-0.2, -0.15) is 0 Å². The van der Waals surface area contributed by atoms with Gasteiger partial charge in [0.1, 0.15) is 0 Å². The van der Waals surface area contributed by atoms with Crippen LogP contribution in [0.1, 0.15) is 33.1 Å². The van der Waals surface area contributed by atoms with Crippen molar-refractivity contribution in [2.45, 2.75) is 51.3 Å². The first-order chi connectivity index (χ1) is 7.58. The quantitative estimate of drug-likeness (QED) is 0.727. The van der Waals surface area contributed by atoms with Gasteiger partial charge in [-0.15, -0.1) is 0 Å². The van der Waals surface area contributed by atoms with E-state index in [2.05, 4.69) is 19.2 Å². The molecular weight excluding hydrogens is 204 g/mol. The number of aliphatic hydroxyl groups excluding tert-OH is 1. The number of amides is 1.